The zero-order valence-corrected chi connectivity index (χ0v) is 10.2. The van der Waals surface area contributed by atoms with Gasteiger partial charge in [0, 0.05) is 16.0 Å². The van der Waals surface area contributed by atoms with Gasteiger partial charge in [-0.1, -0.05) is 36.9 Å². The number of aryl methyl sites for hydroxylation is 1. The summed E-state index contributed by atoms with van der Waals surface area (Å²) < 4.78 is 0. The van der Waals surface area contributed by atoms with Crippen molar-refractivity contribution in [3.05, 3.63) is 70.9 Å². The summed E-state index contributed by atoms with van der Waals surface area (Å²) in [7, 11) is 0.104. The van der Waals surface area contributed by atoms with Gasteiger partial charge in [-0.3, -0.25) is 0 Å². The minimum Gasteiger partial charge on any atom is -0.0991 e. The molecule has 0 radical (unpaired) electrons. The number of hydrogen-bond acceptors (Lipinski definition) is 0. The van der Waals surface area contributed by atoms with E-state index in [2.05, 4.69) is 61.4 Å². The van der Waals surface area contributed by atoms with Crippen LogP contribution in [0.3, 0.4) is 0 Å². The van der Waals surface area contributed by atoms with E-state index in [4.69, 9.17) is 0 Å². The Morgan fingerprint density at radius 1 is 1.12 bits per heavy atom. The van der Waals surface area contributed by atoms with Crippen LogP contribution in [0.1, 0.15) is 10.4 Å². The molecule has 0 spiro atoms. The third kappa shape index (κ3) is 2.15. The van der Waals surface area contributed by atoms with Crippen LogP contribution in [-0.2, 0) is 0 Å². The summed E-state index contributed by atoms with van der Waals surface area (Å²) in [4.78, 5) is 2.77. The Morgan fingerprint density at radius 3 is 2.56 bits per heavy atom. The monoisotopic (exact) mass is 227 g/mol. The third-order valence-corrected chi connectivity index (χ3v) is 4.58. The highest BCUT2D eigenvalue weighted by molar-refractivity contribution is 7.39. The number of rotatable bonds is 3. The van der Waals surface area contributed by atoms with Gasteiger partial charge in [0.15, 0.2) is 9.77 Å². The van der Waals surface area contributed by atoms with Crippen LogP contribution < -0.4 is 0 Å². The van der Waals surface area contributed by atoms with Crippen molar-refractivity contribution in [2.45, 2.75) is 6.92 Å². The van der Waals surface area contributed by atoms with E-state index in [9.17, 15) is 0 Å². The van der Waals surface area contributed by atoms with Gasteiger partial charge in [0.05, 0.1) is 0 Å². The molecule has 0 N–H and O–H groups in total. The molecule has 1 heteroatoms. The maximum absolute atomic E-state index is 3.72. The molecule has 1 unspecified atom stereocenters. The minimum absolute atomic E-state index is 0.104. The summed E-state index contributed by atoms with van der Waals surface area (Å²) in [6.07, 6.45) is 6.00. The van der Waals surface area contributed by atoms with Gasteiger partial charge in [0.2, 0.25) is 0 Å². The molecule has 1 aromatic heterocycles. The number of benzene rings is 1. The number of thiophene rings is 1. The first-order chi connectivity index (χ1) is 7.83. The van der Waals surface area contributed by atoms with Gasteiger partial charge in [0.25, 0.3) is 0 Å². The smallest absolute Gasteiger partial charge is 0.0991 e. The predicted octanol–water partition coefficient (Wildman–Crippen LogP) is 4.93. The molecule has 2 aromatic rings. The summed E-state index contributed by atoms with van der Waals surface area (Å²) in [5.74, 6) is 0. The maximum atomic E-state index is 3.72. The minimum atomic E-state index is 0.104. The van der Waals surface area contributed by atoms with E-state index < -0.39 is 0 Å². The van der Waals surface area contributed by atoms with E-state index in [1.165, 1.54) is 15.3 Å². The van der Waals surface area contributed by atoms with Crippen LogP contribution in [0, 0.1) is 6.92 Å². The van der Waals surface area contributed by atoms with Crippen LogP contribution in [-0.4, -0.2) is 0 Å². The lowest BCUT2D eigenvalue weighted by Crippen LogP contribution is -1.73. The Morgan fingerprint density at radius 2 is 1.88 bits per heavy atom. The van der Waals surface area contributed by atoms with Crippen molar-refractivity contribution >= 4 is 16.5 Å². The molecule has 0 saturated heterocycles. The van der Waals surface area contributed by atoms with E-state index in [0.717, 1.165) is 0 Å². The van der Waals surface area contributed by atoms with E-state index in [0.29, 0.717) is 0 Å². The maximum Gasteiger partial charge on any atom is 0.182 e. The fourth-order valence-corrected chi connectivity index (χ4v) is 3.62. The Labute approximate surface area is 99.5 Å². The van der Waals surface area contributed by atoms with Crippen molar-refractivity contribution in [3.63, 3.8) is 0 Å². The van der Waals surface area contributed by atoms with E-state index in [-0.39, 0.29) is 10.5 Å². The normalized spacial score (nSPS) is 11.9. The zero-order chi connectivity index (χ0) is 11.4. The van der Waals surface area contributed by atoms with Crippen LogP contribution in [0.4, 0.5) is 0 Å². The lowest BCUT2D eigenvalue weighted by molar-refractivity contribution is 1.53. The molecule has 0 nitrogen and oxygen atoms in total. The number of allylic oxidation sites excluding steroid dienone is 2. The van der Waals surface area contributed by atoms with Gasteiger partial charge in [-0.25, -0.2) is 0 Å². The largest absolute Gasteiger partial charge is 0.182 e. The second kappa shape index (κ2) is 4.95. The predicted molar refractivity (Wildman–Crippen MR) is 74.2 cm³/mol. The zero-order valence-electron chi connectivity index (χ0n) is 9.39. The van der Waals surface area contributed by atoms with Gasteiger partial charge in [-0.15, -0.1) is 0 Å². The van der Waals surface area contributed by atoms with Crippen molar-refractivity contribution in [3.8, 4) is 4.90 Å². The van der Waals surface area contributed by atoms with Gasteiger partial charge in [-0.2, -0.15) is 0 Å². The summed E-state index contributed by atoms with van der Waals surface area (Å²) >= 11 is 0. The Kier molecular flexibility index (Phi) is 3.37. The second-order valence-electron chi connectivity index (χ2n) is 3.60. The van der Waals surface area contributed by atoms with Gasteiger partial charge >= 0.3 is 0 Å². The molecule has 1 atom stereocenters. The summed E-state index contributed by atoms with van der Waals surface area (Å²) in [5.41, 5.74) is 1.35. The molecule has 1 heterocycles. The van der Waals surface area contributed by atoms with E-state index in [1.807, 2.05) is 12.2 Å². The third-order valence-electron chi connectivity index (χ3n) is 2.46. The van der Waals surface area contributed by atoms with Crippen LogP contribution >= 0.6 is 10.5 Å². The molecule has 0 bridgehead atoms. The molecular weight excluding hydrogens is 212 g/mol. The molecule has 2 rings (SSSR count). The number of hydrogen-bond donors (Lipinski definition) is 0. The van der Waals surface area contributed by atoms with Gasteiger partial charge in [-0.05, 0) is 31.2 Å². The van der Waals surface area contributed by atoms with Crippen molar-refractivity contribution < 1.29 is 0 Å². The molecule has 0 aliphatic rings. The topological polar surface area (TPSA) is 0 Å². The fourth-order valence-electron chi connectivity index (χ4n) is 1.63. The van der Waals surface area contributed by atoms with E-state index >= 15 is 0 Å². The first kappa shape index (κ1) is 10.9. The second-order valence-corrected chi connectivity index (χ2v) is 5.45. The van der Waals surface area contributed by atoms with Crippen LogP contribution in [0.25, 0.3) is 11.0 Å². The highest BCUT2D eigenvalue weighted by Gasteiger charge is 2.16. The highest BCUT2D eigenvalue weighted by atomic mass is 32.2. The Hall–Kier alpha value is -1.60. The standard InChI is InChI=1S/C15H15S/c1-3-4-10-15-13(2)11-12-16(15)14-8-6-5-7-9-14/h3-12H,1H2,2H3/q+1/b10-4-. The molecule has 16 heavy (non-hydrogen) atoms. The molecule has 80 valence electrons. The average Bonchev–Trinajstić information content (AvgIpc) is 2.69. The molecule has 0 aliphatic heterocycles. The van der Waals surface area contributed by atoms with Crippen molar-refractivity contribution in [2.24, 2.45) is 0 Å². The van der Waals surface area contributed by atoms with Gasteiger partial charge < -0.3 is 0 Å². The fraction of sp³-hybridized carbons (Fsp3) is 0.0667. The molecule has 0 amide bonds. The Balaban J connectivity index is 2.50. The first-order valence-electron chi connectivity index (χ1n) is 5.29. The molecule has 0 saturated carbocycles. The first-order valence-corrected chi connectivity index (χ1v) is 6.58. The van der Waals surface area contributed by atoms with Crippen molar-refractivity contribution in [1.82, 2.24) is 0 Å². The lowest BCUT2D eigenvalue weighted by Gasteiger charge is -1.92. The molecule has 0 fully saturated rings. The Bertz CT molecular complexity index is 503. The molecular formula is C15H15S+. The average molecular weight is 227 g/mol. The summed E-state index contributed by atoms with van der Waals surface area (Å²) in [5, 5.41) is 2.29. The molecule has 0 aliphatic carbocycles. The molecule has 1 aromatic carbocycles. The van der Waals surface area contributed by atoms with Crippen molar-refractivity contribution in [1.29, 1.82) is 0 Å². The highest BCUT2D eigenvalue weighted by Crippen LogP contribution is 2.38. The van der Waals surface area contributed by atoms with Crippen molar-refractivity contribution in [2.75, 3.05) is 0 Å². The van der Waals surface area contributed by atoms with Crippen LogP contribution in [0.15, 0.2) is 60.5 Å². The quantitative estimate of drug-likeness (QED) is 0.515. The lowest BCUT2D eigenvalue weighted by atomic mass is 10.3. The van der Waals surface area contributed by atoms with Crippen LogP contribution in [0.5, 0.6) is 0 Å². The van der Waals surface area contributed by atoms with Gasteiger partial charge in [0.1, 0.15) is 5.38 Å². The SMILES string of the molecule is C=C/C=C\c1c(C)cc[s+]1-c1ccccc1. The van der Waals surface area contributed by atoms with E-state index in [1.54, 1.807) is 0 Å². The summed E-state index contributed by atoms with van der Waals surface area (Å²) in [6, 6.07) is 12.8. The van der Waals surface area contributed by atoms with Crippen LogP contribution in [0.2, 0.25) is 0 Å². The summed E-state index contributed by atoms with van der Waals surface area (Å²) in [6.45, 7) is 5.88.